The van der Waals surface area contributed by atoms with Crippen molar-refractivity contribution in [3.8, 4) is 11.8 Å². The zero-order chi connectivity index (χ0) is 22.5. The molecule has 3 aromatic rings. The SMILES string of the molecule is CC1(C)c2cc(OCC(O)CO)ccc2C(=O)c2c1[nH]c1c(C(=O)O)c(C#N)ccc21. The molecule has 2 aromatic carbocycles. The summed E-state index contributed by atoms with van der Waals surface area (Å²) >= 11 is 0. The Bertz CT molecular complexity index is 1280. The minimum Gasteiger partial charge on any atom is -0.491 e. The van der Waals surface area contributed by atoms with E-state index < -0.39 is 24.1 Å². The van der Waals surface area contributed by atoms with Gasteiger partial charge >= 0.3 is 5.97 Å². The van der Waals surface area contributed by atoms with Crippen LogP contribution in [0, 0.1) is 11.3 Å². The number of carbonyl (C=O) groups is 2. The second kappa shape index (κ2) is 7.23. The lowest BCUT2D eigenvalue weighted by atomic mass is 9.71. The number of fused-ring (bicyclic) bond motifs is 4. The lowest BCUT2D eigenvalue weighted by Gasteiger charge is -2.32. The number of carboxylic acid groups (broad SMARTS) is 1. The van der Waals surface area contributed by atoms with Crippen LogP contribution in [-0.4, -0.2) is 51.4 Å². The Morgan fingerprint density at radius 2 is 2.03 bits per heavy atom. The second-order valence-electron chi connectivity index (χ2n) is 8.01. The minimum absolute atomic E-state index is 0.0134. The van der Waals surface area contributed by atoms with E-state index in [2.05, 4.69) is 4.98 Å². The molecule has 1 unspecified atom stereocenters. The molecule has 4 N–H and O–H groups in total. The zero-order valence-corrected chi connectivity index (χ0v) is 16.9. The number of ether oxygens (including phenoxy) is 1. The Hall–Kier alpha value is -3.67. The molecule has 0 spiro atoms. The molecule has 31 heavy (non-hydrogen) atoms. The molecule has 1 atom stereocenters. The molecule has 0 bridgehead atoms. The van der Waals surface area contributed by atoms with E-state index in [4.69, 9.17) is 9.84 Å². The van der Waals surface area contributed by atoms with E-state index in [1.165, 1.54) is 6.07 Å². The van der Waals surface area contributed by atoms with Crippen LogP contribution in [0.5, 0.6) is 5.75 Å². The number of aliphatic hydroxyl groups is 2. The molecule has 1 aliphatic rings. The van der Waals surface area contributed by atoms with E-state index in [0.717, 1.165) is 0 Å². The monoisotopic (exact) mass is 420 g/mol. The number of H-pyrrole nitrogens is 1. The molecule has 0 fully saturated rings. The van der Waals surface area contributed by atoms with Crippen molar-refractivity contribution in [1.82, 2.24) is 4.98 Å². The summed E-state index contributed by atoms with van der Waals surface area (Å²) in [4.78, 5) is 28.4. The van der Waals surface area contributed by atoms with Gasteiger partial charge in [0.1, 0.15) is 30.1 Å². The molecule has 0 aliphatic heterocycles. The molecule has 158 valence electrons. The van der Waals surface area contributed by atoms with Crippen LogP contribution in [0.4, 0.5) is 0 Å². The Balaban J connectivity index is 1.91. The Kier molecular flexibility index (Phi) is 4.81. The molecule has 1 heterocycles. The maximum absolute atomic E-state index is 13.4. The van der Waals surface area contributed by atoms with Gasteiger partial charge in [-0.3, -0.25) is 4.79 Å². The topological polar surface area (TPSA) is 144 Å². The predicted octanol–water partition coefficient (Wildman–Crippen LogP) is 2.34. The van der Waals surface area contributed by atoms with Gasteiger partial charge < -0.3 is 25.0 Å². The minimum atomic E-state index is -1.25. The van der Waals surface area contributed by atoms with Crippen molar-refractivity contribution in [2.45, 2.75) is 25.4 Å². The van der Waals surface area contributed by atoms with Gasteiger partial charge in [0.2, 0.25) is 0 Å². The Labute approximate surface area is 177 Å². The molecule has 4 rings (SSSR count). The molecule has 1 aliphatic carbocycles. The van der Waals surface area contributed by atoms with Crippen LogP contribution in [-0.2, 0) is 5.41 Å². The van der Waals surface area contributed by atoms with Crippen molar-refractivity contribution in [2.24, 2.45) is 0 Å². The number of aromatic amines is 1. The molecule has 0 saturated carbocycles. The average molecular weight is 420 g/mol. The van der Waals surface area contributed by atoms with E-state index in [1.807, 2.05) is 19.9 Å². The van der Waals surface area contributed by atoms with Gasteiger partial charge in [0.25, 0.3) is 0 Å². The molecule has 0 amide bonds. The summed E-state index contributed by atoms with van der Waals surface area (Å²) in [6.07, 6.45) is -1.02. The summed E-state index contributed by atoms with van der Waals surface area (Å²) in [6, 6.07) is 9.88. The number of carbonyl (C=O) groups excluding carboxylic acids is 1. The van der Waals surface area contributed by atoms with Crippen molar-refractivity contribution in [3.05, 3.63) is 63.8 Å². The van der Waals surface area contributed by atoms with Crippen molar-refractivity contribution >= 4 is 22.7 Å². The first-order chi connectivity index (χ1) is 14.7. The van der Waals surface area contributed by atoms with E-state index in [1.54, 1.807) is 24.3 Å². The first-order valence-corrected chi connectivity index (χ1v) is 9.64. The fourth-order valence-corrected chi connectivity index (χ4v) is 4.13. The highest BCUT2D eigenvalue weighted by molar-refractivity contribution is 6.22. The maximum atomic E-state index is 13.4. The number of carboxylic acids is 1. The van der Waals surface area contributed by atoms with Crippen LogP contribution in [0.1, 0.15) is 56.9 Å². The van der Waals surface area contributed by atoms with Crippen LogP contribution in [0.25, 0.3) is 10.9 Å². The Morgan fingerprint density at radius 1 is 1.29 bits per heavy atom. The smallest absolute Gasteiger partial charge is 0.339 e. The van der Waals surface area contributed by atoms with E-state index in [0.29, 0.717) is 33.5 Å². The molecule has 8 nitrogen and oxygen atoms in total. The van der Waals surface area contributed by atoms with Crippen LogP contribution < -0.4 is 4.74 Å². The fourth-order valence-electron chi connectivity index (χ4n) is 4.13. The van der Waals surface area contributed by atoms with Gasteiger partial charge in [-0.25, -0.2) is 4.79 Å². The third-order valence-electron chi connectivity index (χ3n) is 5.72. The van der Waals surface area contributed by atoms with Crippen LogP contribution in [0.15, 0.2) is 30.3 Å². The summed E-state index contributed by atoms with van der Waals surface area (Å²) in [5.41, 5.74) is 1.50. The number of nitrogens with one attached hydrogen (secondary N) is 1. The number of aromatic nitrogens is 1. The average Bonchev–Trinajstić information content (AvgIpc) is 3.15. The van der Waals surface area contributed by atoms with Crippen molar-refractivity contribution in [1.29, 1.82) is 5.26 Å². The molecule has 1 aromatic heterocycles. The number of hydrogen-bond acceptors (Lipinski definition) is 6. The van der Waals surface area contributed by atoms with Crippen molar-refractivity contribution < 1.29 is 29.6 Å². The van der Waals surface area contributed by atoms with Crippen molar-refractivity contribution in [2.75, 3.05) is 13.2 Å². The fraction of sp³-hybridized carbons (Fsp3) is 0.261. The van der Waals surface area contributed by atoms with Gasteiger partial charge in [-0.2, -0.15) is 5.26 Å². The van der Waals surface area contributed by atoms with Gasteiger partial charge in [0.05, 0.1) is 23.3 Å². The number of rotatable bonds is 5. The Morgan fingerprint density at radius 3 is 2.68 bits per heavy atom. The number of hydrogen-bond donors (Lipinski definition) is 4. The normalized spacial score (nSPS) is 15.1. The lowest BCUT2D eigenvalue weighted by Crippen LogP contribution is -2.30. The van der Waals surface area contributed by atoms with Crippen LogP contribution >= 0.6 is 0 Å². The summed E-state index contributed by atoms with van der Waals surface area (Å²) in [5.74, 6) is -1.06. The number of benzene rings is 2. The molecule has 8 heteroatoms. The van der Waals surface area contributed by atoms with Crippen LogP contribution in [0.3, 0.4) is 0 Å². The highest BCUT2D eigenvalue weighted by atomic mass is 16.5. The summed E-state index contributed by atoms with van der Waals surface area (Å²) in [6.45, 7) is 3.29. The van der Waals surface area contributed by atoms with Gasteiger partial charge in [-0.15, -0.1) is 0 Å². The molecular formula is C23H20N2O6. The predicted molar refractivity (Wildman–Crippen MR) is 111 cm³/mol. The van der Waals surface area contributed by atoms with Gasteiger partial charge in [0, 0.05) is 22.1 Å². The number of aliphatic hydroxyl groups excluding tert-OH is 2. The number of ketones is 1. The van der Waals surface area contributed by atoms with Crippen molar-refractivity contribution in [3.63, 3.8) is 0 Å². The summed E-state index contributed by atoms with van der Waals surface area (Å²) in [7, 11) is 0. The number of nitrogens with zero attached hydrogens (tertiary/aromatic N) is 1. The molecule has 0 radical (unpaired) electrons. The quantitative estimate of drug-likeness (QED) is 0.496. The largest absolute Gasteiger partial charge is 0.491 e. The highest BCUT2D eigenvalue weighted by Gasteiger charge is 2.40. The van der Waals surface area contributed by atoms with Gasteiger partial charge in [-0.05, 0) is 29.8 Å². The number of aromatic carboxylic acids is 1. The third kappa shape index (κ3) is 3.06. The van der Waals surface area contributed by atoms with E-state index >= 15 is 0 Å². The standard InChI is InChI=1S/C23H20N2O6/c1-23(2)16-7-13(31-10-12(27)9-26)4-6-14(16)20(28)18-15-5-3-11(8-24)17(22(29)30)19(15)25-21(18)23/h3-7,12,25-27H,9-10H2,1-2H3,(H,29,30). The molecular weight excluding hydrogens is 400 g/mol. The van der Waals surface area contributed by atoms with E-state index in [-0.39, 0.29) is 29.0 Å². The van der Waals surface area contributed by atoms with Gasteiger partial charge in [0.15, 0.2) is 5.78 Å². The summed E-state index contributed by atoms with van der Waals surface area (Å²) < 4.78 is 5.54. The number of nitriles is 1. The zero-order valence-electron chi connectivity index (χ0n) is 16.9. The first-order valence-electron chi connectivity index (χ1n) is 9.64. The van der Waals surface area contributed by atoms with Gasteiger partial charge in [-0.1, -0.05) is 19.9 Å². The molecule has 0 saturated heterocycles. The second-order valence-corrected chi connectivity index (χ2v) is 8.01. The lowest BCUT2D eigenvalue weighted by molar-refractivity contribution is 0.0535. The third-order valence-corrected chi connectivity index (χ3v) is 5.72. The van der Waals surface area contributed by atoms with E-state index in [9.17, 15) is 25.1 Å². The highest BCUT2D eigenvalue weighted by Crippen LogP contribution is 2.45. The maximum Gasteiger partial charge on any atom is 0.339 e. The first kappa shape index (κ1) is 20.6. The van der Waals surface area contributed by atoms with Crippen LogP contribution in [0.2, 0.25) is 0 Å². The summed E-state index contributed by atoms with van der Waals surface area (Å²) in [5, 5.41) is 37.9.